The van der Waals surface area contributed by atoms with E-state index in [4.69, 9.17) is 5.73 Å². The monoisotopic (exact) mass is 177 g/mol. The molecule has 0 radical (unpaired) electrons. The van der Waals surface area contributed by atoms with Gasteiger partial charge >= 0.3 is 0 Å². The highest BCUT2D eigenvalue weighted by Crippen LogP contribution is 2.40. The van der Waals surface area contributed by atoms with E-state index in [-0.39, 0.29) is 5.54 Å². The number of aromatic nitrogens is 2. The molecule has 3 nitrogen and oxygen atoms in total. The number of nitrogens with two attached hydrogens (primary N) is 1. The molecule has 0 bridgehead atoms. The standard InChI is InChI=1S/C10H15N3/c1-7(2)8-3-6-12-9(13-8)10(11)4-5-10/h3,6-7H,4-5,11H2,1-2H3. The fourth-order valence-electron chi connectivity index (χ4n) is 1.29. The van der Waals surface area contributed by atoms with Crippen molar-refractivity contribution in [3.05, 3.63) is 23.8 Å². The van der Waals surface area contributed by atoms with E-state index in [0.717, 1.165) is 24.4 Å². The van der Waals surface area contributed by atoms with E-state index in [1.165, 1.54) is 0 Å². The zero-order chi connectivity index (χ0) is 9.47. The summed E-state index contributed by atoms with van der Waals surface area (Å²) in [5.74, 6) is 1.27. The second-order valence-electron chi connectivity index (χ2n) is 4.12. The molecule has 1 aliphatic rings. The summed E-state index contributed by atoms with van der Waals surface area (Å²) >= 11 is 0. The molecule has 3 heteroatoms. The maximum absolute atomic E-state index is 6.01. The van der Waals surface area contributed by atoms with Crippen LogP contribution in [0.3, 0.4) is 0 Å². The smallest absolute Gasteiger partial charge is 0.148 e. The van der Waals surface area contributed by atoms with Crippen molar-refractivity contribution < 1.29 is 0 Å². The number of hydrogen-bond donors (Lipinski definition) is 1. The van der Waals surface area contributed by atoms with Crippen molar-refractivity contribution in [2.24, 2.45) is 5.73 Å². The van der Waals surface area contributed by atoms with Gasteiger partial charge in [0.25, 0.3) is 0 Å². The number of hydrogen-bond acceptors (Lipinski definition) is 3. The summed E-state index contributed by atoms with van der Waals surface area (Å²) in [7, 11) is 0. The third kappa shape index (κ3) is 1.56. The van der Waals surface area contributed by atoms with E-state index in [0.29, 0.717) is 5.92 Å². The molecule has 1 heterocycles. The van der Waals surface area contributed by atoms with Crippen LogP contribution in [0.4, 0.5) is 0 Å². The van der Waals surface area contributed by atoms with Crippen LogP contribution < -0.4 is 5.73 Å². The summed E-state index contributed by atoms with van der Waals surface area (Å²) in [4.78, 5) is 8.69. The lowest BCUT2D eigenvalue weighted by molar-refractivity contribution is 0.654. The molecule has 0 aromatic carbocycles. The van der Waals surface area contributed by atoms with Crippen molar-refractivity contribution in [1.29, 1.82) is 0 Å². The Balaban J connectivity index is 2.33. The van der Waals surface area contributed by atoms with Crippen LogP contribution in [-0.4, -0.2) is 9.97 Å². The van der Waals surface area contributed by atoms with Gasteiger partial charge in [-0.1, -0.05) is 13.8 Å². The largest absolute Gasteiger partial charge is 0.319 e. The highest BCUT2D eigenvalue weighted by Gasteiger charge is 2.43. The average Bonchev–Trinajstić information content (AvgIpc) is 2.85. The van der Waals surface area contributed by atoms with Crippen LogP contribution in [0, 0.1) is 0 Å². The van der Waals surface area contributed by atoms with E-state index in [1.54, 1.807) is 0 Å². The zero-order valence-electron chi connectivity index (χ0n) is 8.12. The molecule has 0 spiro atoms. The maximum Gasteiger partial charge on any atom is 0.148 e. The minimum absolute atomic E-state index is 0.203. The van der Waals surface area contributed by atoms with E-state index >= 15 is 0 Å². The molecule has 0 aliphatic heterocycles. The third-order valence-electron chi connectivity index (χ3n) is 2.50. The Morgan fingerprint density at radius 1 is 1.46 bits per heavy atom. The fraction of sp³-hybridized carbons (Fsp3) is 0.600. The number of nitrogens with zero attached hydrogens (tertiary/aromatic N) is 2. The number of rotatable bonds is 2. The van der Waals surface area contributed by atoms with Crippen LogP contribution in [-0.2, 0) is 5.54 Å². The van der Waals surface area contributed by atoms with Crippen molar-refractivity contribution in [2.75, 3.05) is 0 Å². The second kappa shape index (κ2) is 2.77. The lowest BCUT2D eigenvalue weighted by Crippen LogP contribution is -2.22. The molecule has 70 valence electrons. The Morgan fingerprint density at radius 3 is 2.69 bits per heavy atom. The van der Waals surface area contributed by atoms with Gasteiger partial charge in [0.2, 0.25) is 0 Å². The molecule has 1 fully saturated rings. The van der Waals surface area contributed by atoms with Crippen molar-refractivity contribution >= 4 is 0 Å². The summed E-state index contributed by atoms with van der Waals surface area (Å²) in [6.07, 6.45) is 3.85. The fourth-order valence-corrected chi connectivity index (χ4v) is 1.29. The molecule has 0 atom stereocenters. The van der Waals surface area contributed by atoms with Gasteiger partial charge in [-0.3, -0.25) is 0 Å². The quantitative estimate of drug-likeness (QED) is 0.745. The van der Waals surface area contributed by atoms with Crippen molar-refractivity contribution in [2.45, 2.75) is 38.1 Å². The molecule has 1 saturated carbocycles. The zero-order valence-corrected chi connectivity index (χ0v) is 8.12. The van der Waals surface area contributed by atoms with Gasteiger partial charge in [0.15, 0.2) is 0 Å². The molecule has 0 saturated heterocycles. The maximum atomic E-state index is 6.01. The predicted molar refractivity (Wildman–Crippen MR) is 51.2 cm³/mol. The van der Waals surface area contributed by atoms with Gasteiger partial charge in [0, 0.05) is 11.9 Å². The summed E-state index contributed by atoms with van der Waals surface area (Å²) in [6.45, 7) is 4.25. The van der Waals surface area contributed by atoms with Gasteiger partial charge in [-0.2, -0.15) is 0 Å². The molecule has 0 amide bonds. The van der Waals surface area contributed by atoms with Crippen LogP contribution in [0.5, 0.6) is 0 Å². The van der Waals surface area contributed by atoms with Crippen molar-refractivity contribution in [1.82, 2.24) is 9.97 Å². The van der Waals surface area contributed by atoms with Crippen LogP contribution in [0.2, 0.25) is 0 Å². The second-order valence-corrected chi connectivity index (χ2v) is 4.12. The van der Waals surface area contributed by atoms with Gasteiger partial charge < -0.3 is 5.73 Å². The van der Waals surface area contributed by atoms with E-state index in [2.05, 4.69) is 23.8 Å². The highest BCUT2D eigenvalue weighted by molar-refractivity contribution is 5.17. The molecule has 2 rings (SSSR count). The summed E-state index contributed by atoms with van der Waals surface area (Å²) in [5, 5.41) is 0. The molecule has 1 aromatic rings. The summed E-state index contributed by atoms with van der Waals surface area (Å²) in [5.41, 5.74) is 6.89. The molecule has 2 N–H and O–H groups in total. The third-order valence-corrected chi connectivity index (χ3v) is 2.50. The first-order chi connectivity index (χ1) is 6.12. The van der Waals surface area contributed by atoms with E-state index < -0.39 is 0 Å². The molecule has 13 heavy (non-hydrogen) atoms. The van der Waals surface area contributed by atoms with Crippen LogP contribution in [0.1, 0.15) is 44.1 Å². The Kier molecular flexibility index (Phi) is 1.84. The Hall–Kier alpha value is -0.960. The molecular weight excluding hydrogens is 162 g/mol. The predicted octanol–water partition coefficient (Wildman–Crippen LogP) is 1.55. The minimum Gasteiger partial charge on any atom is -0.319 e. The van der Waals surface area contributed by atoms with Gasteiger partial charge in [0.1, 0.15) is 5.82 Å². The van der Waals surface area contributed by atoms with Gasteiger partial charge in [0.05, 0.1) is 5.54 Å². The molecule has 1 aromatic heterocycles. The topological polar surface area (TPSA) is 51.8 Å². The van der Waals surface area contributed by atoms with Gasteiger partial charge in [-0.25, -0.2) is 9.97 Å². The van der Waals surface area contributed by atoms with Crippen molar-refractivity contribution in [3.8, 4) is 0 Å². The first-order valence-electron chi connectivity index (χ1n) is 4.74. The highest BCUT2D eigenvalue weighted by atomic mass is 15.0. The van der Waals surface area contributed by atoms with Crippen LogP contribution in [0.25, 0.3) is 0 Å². The lowest BCUT2D eigenvalue weighted by atomic mass is 10.1. The van der Waals surface area contributed by atoms with E-state index in [1.807, 2.05) is 12.3 Å². The molecular formula is C10H15N3. The SMILES string of the molecule is CC(C)c1ccnc(C2(N)CC2)n1. The lowest BCUT2D eigenvalue weighted by Gasteiger charge is -2.09. The van der Waals surface area contributed by atoms with Crippen molar-refractivity contribution in [3.63, 3.8) is 0 Å². The Bertz CT molecular complexity index is 316. The first-order valence-corrected chi connectivity index (χ1v) is 4.74. The average molecular weight is 177 g/mol. The van der Waals surface area contributed by atoms with Crippen LogP contribution >= 0.6 is 0 Å². The summed E-state index contributed by atoms with van der Waals surface area (Å²) < 4.78 is 0. The van der Waals surface area contributed by atoms with E-state index in [9.17, 15) is 0 Å². The summed E-state index contributed by atoms with van der Waals surface area (Å²) in [6, 6.07) is 1.96. The van der Waals surface area contributed by atoms with Gasteiger partial charge in [-0.15, -0.1) is 0 Å². The molecule has 0 unspecified atom stereocenters. The Morgan fingerprint density at radius 2 is 2.15 bits per heavy atom. The minimum atomic E-state index is -0.203. The van der Waals surface area contributed by atoms with Crippen LogP contribution in [0.15, 0.2) is 12.3 Å². The van der Waals surface area contributed by atoms with Gasteiger partial charge in [-0.05, 0) is 24.8 Å². The Labute approximate surface area is 78.4 Å². The normalized spacial score (nSPS) is 19.1. The molecule has 1 aliphatic carbocycles. The first kappa shape index (κ1) is 8.63.